The molecule has 1 unspecified atom stereocenters. The van der Waals surface area contributed by atoms with E-state index < -0.39 is 0 Å². The monoisotopic (exact) mass is 324 g/mol. The number of morpholine rings is 1. The van der Waals surface area contributed by atoms with E-state index in [1.54, 1.807) is 0 Å². The highest BCUT2D eigenvalue weighted by Crippen LogP contribution is 2.47. The van der Waals surface area contributed by atoms with Crippen LogP contribution in [-0.4, -0.2) is 36.7 Å². The zero-order chi connectivity index (χ0) is 16.4. The summed E-state index contributed by atoms with van der Waals surface area (Å²) in [6, 6.07) is 10.7. The molecule has 5 nitrogen and oxygen atoms in total. The molecule has 2 aliphatic rings. The molecule has 1 aliphatic heterocycles. The van der Waals surface area contributed by atoms with Gasteiger partial charge in [0.15, 0.2) is 0 Å². The van der Waals surface area contributed by atoms with E-state index in [4.69, 9.17) is 9.72 Å². The Balaban J connectivity index is 1.43. The van der Waals surface area contributed by atoms with Crippen LogP contribution in [0.3, 0.4) is 0 Å². The SMILES string of the molecule is CNc1cc(C2CC(c3cccc(C4CNCCO4)n3)C2)ccn1. The Hall–Kier alpha value is -1.98. The van der Waals surface area contributed by atoms with Crippen molar-refractivity contribution in [3.63, 3.8) is 0 Å². The maximum atomic E-state index is 5.83. The zero-order valence-electron chi connectivity index (χ0n) is 14.0. The first-order chi connectivity index (χ1) is 11.8. The average Bonchev–Trinajstić information content (AvgIpc) is 2.62. The number of rotatable bonds is 4. The van der Waals surface area contributed by atoms with Gasteiger partial charge in [0, 0.05) is 37.9 Å². The molecule has 2 N–H and O–H groups in total. The van der Waals surface area contributed by atoms with Crippen molar-refractivity contribution in [1.82, 2.24) is 15.3 Å². The normalized spacial score (nSPS) is 26.6. The summed E-state index contributed by atoms with van der Waals surface area (Å²) in [6.07, 6.45) is 4.30. The molecule has 2 aromatic rings. The quantitative estimate of drug-likeness (QED) is 0.906. The highest BCUT2D eigenvalue weighted by atomic mass is 16.5. The summed E-state index contributed by atoms with van der Waals surface area (Å²) in [5.41, 5.74) is 3.65. The maximum Gasteiger partial charge on any atom is 0.125 e. The summed E-state index contributed by atoms with van der Waals surface area (Å²) in [5.74, 6) is 2.11. The molecule has 1 aliphatic carbocycles. The lowest BCUT2D eigenvalue weighted by atomic mass is 9.70. The van der Waals surface area contributed by atoms with Gasteiger partial charge >= 0.3 is 0 Å². The third kappa shape index (κ3) is 3.14. The van der Waals surface area contributed by atoms with Crippen LogP contribution in [0.1, 0.15) is 47.7 Å². The van der Waals surface area contributed by atoms with Gasteiger partial charge in [0.1, 0.15) is 11.9 Å². The highest BCUT2D eigenvalue weighted by Gasteiger charge is 2.33. The van der Waals surface area contributed by atoms with Gasteiger partial charge in [-0.1, -0.05) is 6.07 Å². The number of ether oxygens (including phenoxy) is 1. The van der Waals surface area contributed by atoms with Crippen molar-refractivity contribution in [1.29, 1.82) is 0 Å². The van der Waals surface area contributed by atoms with Crippen LogP contribution in [0.5, 0.6) is 0 Å². The summed E-state index contributed by atoms with van der Waals surface area (Å²) in [6.45, 7) is 2.55. The van der Waals surface area contributed by atoms with Crippen molar-refractivity contribution in [2.45, 2.75) is 30.8 Å². The molecule has 0 spiro atoms. The third-order valence-electron chi connectivity index (χ3n) is 5.12. The van der Waals surface area contributed by atoms with Gasteiger partial charge in [-0.3, -0.25) is 4.98 Å². The molecule has 0 radical (unpaired) electrons. The van der Waals surface area contributed by atoms with Crippen molar-refractivity contribution in [3.05, 3.63) is 53.5 Å². The van der Waals surface area contributed by atoms with Crippen LogP contribution in [0.25, 0.3) is 0 Å². The molecular formula is C19H24N4O. The van der Waals surface area contributed by atoms with E-state index in [2.05, 4.69) is 45.9 Å². The minimum absolute atomic E-state index is 0.0907. The molecule has 24 heavy (non-hydrogen) atoms. The van der Waals surface area contributed by atoms with E-state index in [1.165, 1.54) is 11.3 Å². The fourth-order valence-corrected chi connectivity index (χ4v) is 3.60. The minimum Gasteiger partial charge on any atom is -0.373 e. The first-order valence-electron chi connectivity index (χ1n) is 8.76. The second-order valence-corrected chi connectivity index (χ2v) is 6.64. The smallest absolute Gasteiger partial charge is 0.125 e. The van der Waals surface area contributed by atoms with Gasteiger partial charge in [-0.15, -0.1) is 0 Å². The number of aromatic nitrogens is 2. The Morgan fingerprint density at radius 3 is 2.83 bits per heavy atom. The summed E-state index contributed by atoms with van der Waals surface area (Å²) < 4.78 is 5.83. The number of nitrogens with zero attached hydrogens (tertiary/aromatic N) is 2. The highest BCUT2D eigenvalue weighted by molar-refractivity contribution is 5.39. The van der Waals surface area contributed by atoms with Crippen LogP contribution < -0.4 is 10.6 Å². The third-order valence-corrected chi connectivity index (χ3v) is 5.12. The molecule has 126 valence electrons. The molecule has 3 heterocycles. The fraction of sp³-hybridized carbons (Fsp3) is 0.474. The molecule has 2 aromatic heterocycles. The van der Waals surface area contributed by atoms with Crippen molar-refractivity contribution in [2.24, 2.45) is 0 Å². The van der Waals surface area contributed by atoms with Gasteiger partial charge in [-0.2, -0.15) is 0 Å². The Bertz CT molecular complexity index is 693. The maximum absolute atomic E-state index is 5.83. The van der Waals surface area contributed by atoms with Crippen LogP contribution >= 0.6 is 0 Å². The molecule has 0 amide bonds. The standard InChI is InChI=1S/C19H24N4O/c1-20-19-11-13(5-6-22-19)14-9-15(10-14)16-3-2-4-17(23-16)18-12-21-7-8-24-18/h2-6,11,14-15,18,21H,7-10,12H2,1H3,(H,20,22). The first-order valence-corrected chi connectivity index (χ1v) is 8.76. The molecule has 1 atom stereocenters. The second-order valence-electron chi connectivity index (χ2n) is 6.64. The van der Waals surface area contributed by atoms with Crippen LogP contribution in [0, 0.1) is 0 Å². The fourth-order valence-electron chi connectivity index (χ4n) is 3.60. The van der Waals surface area contributed by atoms with Crippen LogP contribution in [0.2, 0.25) is 0 Å². The lowest BCUT2D eigenvalue weighted by molar-refractivity contribution is 0.0248. The zero-order valence-corrected chi connectivity index (χ0v) is 14.0. The Morgan fingerprint density at radius 1 is 1.17 bits per heavy atom. The van der Waals surface area contributed by atoms with Gasteiger partial charge in [0.25, 0.3) is 0 Å². The Kier molecular flexibility index (Phi) is 4.45. The van der Waals surface area contributed by atoms with Gasteiger partial charge < -0.3 is 15.4 Å². The van der Waals surface area contributed by atoms with Crippen molar-refractivity contribution in [3.8, 4) is 0 Å². The van der Waals surface area contributed by atoms with E-state index in [0.29, 0.717) is 11.8 Å². The number of hydrogen-bond acceptors (Lipinski definition) is 5. The van der Waals surface area contributed by atoms with E-state index in [1.807, 2.05) is 13.2 Å². The number of hydrogen-bond donors (Lipinski definition) is 2. The van der Waals surface area contributed by atoms with Gasteiger partial charge in [-0.05, 0) is 48.6 Å². The number of pyridine rings is 2. The van der Waals surface area contributed by atoms with E-state index in [-0.39, 0.29) is 6.10 Å². The summed E-state index contributed by atoms with van der Waals surface area (Å²) in [5, 5.41) is 6.49. The van der Waals surface area contributed by atoms with Crippen LogP contribution in [0.4, 0.5) is 5.82 Å². The number of nitrogens with one attached hydrogen (secondary N) is 2. The topological polar surface area (TPSA) is 59.1 Å². The average molecular weight is 324 g/mol. The molecule has 1 saturated carbocycles. The molecular weight excluding hydrogens is 300 g/mol. The molecule has 1 saturated heterocycles. The molecule has 4 rings (SSSR count). The van der Waals surface area contributed by atoms with Gasteiger partial charge in [0.2, 0.25) is 0 Å². The first kappa shape index (κ1) is 15.5. The lowest BCUT2D eigenvalue weighted by Gasteiger charge is -2.36. The summed E-state index contributed by atoms with van der Waals surface area (Å²) >= 11 is 0. The molecule has 2 fully saturated rings. The van der Waals surface area contributed by atoms with Crippen molar-refractivity contribution < 1.29 is 4.74 Å². The largest absolute Gasteiger partial charge is 0.373 e. The minimum atomic E-state index is 0.0907. The summed E-state index contributed by atoms with van der Waals surface area (Å²) in [4.78, 5) is 9.19. The van der Waals surface area contributed by atoms with Crippen LogP contribution in [-0.2, 0) is 4.74 Å². The Labute approximate surface area is 142 Å². The lowest BCUT2D eigenvalue weighted by Crippen LogP contribution is -2.34. The Morgan fingerprint density at radius 2 is 2.04 bits per heavy atom. The second kappa shape index (κ2) is 6.87. The van der Waals surface area contributed by atoms with E-state index in [0.717, 1.165) is 44.0 Å². The predicted molar refractivity (Wildman–Crippen MR) is 94.3 cm³/mol. The predicted octanol–water partition coefficient (Wildman–Crippen LogP) is 2.84. The van der Waals surface area contributed by atoms with Gasteiger partial charge in [0.05, 0.1) is 12.3 Å². The summed E-state index contributed by atoms with van der Waals surface area (Å²) in [7, 11) is 1.91. The molecule has 0 aromatic carbocycles. The van der Waals surface area contributed by atoms with Gasteiger partial charge in [-0.25, -0.2) is 4.98 Å². The van der Waals surface area contributed by atoms with E-state index >= 15 is 0 Å². The molecule has 0 bridgehead atoms. The van der Waals surface area contributed by atoms with E-state index in [9.17, 15) is 0 Å². The van der Waals surface area contributed by atoms with Crippen molar-refractivity contribution in [2.75, 3.05) is 32.1 Å². The molecule has 5 heteroatoms. The van der Waals surface area contributed by atoms with Crippen molar-refractivity contribution >= 4 is 5.82 Å². The number of anilines is 1. The van der Waals surface area contributed by atoms with Crippen LogP contribution in [0.15, 0.2) is 36.5 Å².